The van der Waals surface area contributed by atoms with Gasteiger partial charge >= 0.3 is 0 Å². The molecule has 94 valence electrons. The lowest BCUT2D eigenvalue weighted by molar-refractivity contribution is 0.191. The predicted octanol–water partition coefficient (Wildman–Crippen LogP) is 2.65. The molecule has 0 unspecified atom stereocenters. The molecule has 1 saturated carbocycles. The van der Waals surface area contributed by atoms with E-state index in [-0.39, 0.29) is 17.8 Å². The molecule has 17 heavy (non-hydrogen) atoms. The summed E-state index contributed by atoms with van der Waals surface area (Å²) in [4.78, 5) is 3.99. The van der Waals surface area contributed by atoms with Gasteiger partial charge in [0.15, 0.2) is 5.82 Å². The van der Waals surface area contributed by atoms with Crippen LogP contribution in [0.2, 0.25) is 0 Å². The molecule has 1 fully saturated rings. The topological polar surface area (TPSA) is 34.2 Å². The zero-order chi connectivity index (χ0) is 12.1. The minimum Gasteiger partial charge on any atom is -0.472 e. The van der Waals surface area contributed by atoms with Gasteiger partial charge in [-0.1, -0.05) is 6.92 Å². The lowest BCUT2D eigenvalue weighted by atomic mass is 10.2. The number of rotatable bonds is 5. The number of halogens is 1. The summed E-state index contributed by atoms with van der Waals surface area (Å²) in [7, 11) is 0. The molecule has 0 aromatic carbocycles. The van der Waals surface area contributed by atoms with Crippen LogP contribution < -0.4 is 10.1 Å². The number of hydrogen-bond acceptors (Lipinski definition) is 3. The molecule has 1 heterocycles. The molecule has 0 atom stereocenters. The van der Waals surface area contributed by atoms with Crippen LogP contribution in [0.5, 0.6) is 5.88 Å². The van der Waals surface area contributed by atoms with E-state index in [4.69, 9.17) is 4.74 Å². The molecule has 2 rings (SSSR count). The van der Waals surface area contributed by atoms with Crippen LogP contribution in [0.4, 0.5) is 4.39 Å². The van der Waals surface area contributed by atoms with Crippen molar-refractivity contribution in [1.82, 2.24) is 10.3 Å². The second kappa shape index (κ2) is 5.96. The molecule has 3 nitrogen and oxygen atoms in total. The number of ether oxygens (including phenoxy) is 1. The lowest BCUT2D eigenvalue weighted by Crippen LogP contribution is -2.16. The number of pyridine rings is 1. The van der Waals surface area contributed by atoms with Gasteiger partial charge in [0.2, 0.25) is 0 Å². The van der Waals surface area contributed by atoms with Gasteiger partial charge in [-0.2, -0.15) is 0 Å². The Labute approximate surface area is 101 Å². The summed E-state index contributed by atoms with van der Waals surface area (Å²) in [6, 6.07) is 1.69. The maximum atomic E-state index is 14.0. The van der Waals surface area contributed by atoms with Crippen LogP contribution in [0.15, 0.2) is 12.3 Å². The van der Waals surface area contributed by atoms with Crippen LogP contribution in [-0.2, 0) is 6.54 Å². The zero-order valence-electron chi connectivity index (χ0n) is 10.2. The summed E-state index contributed by atoms with van der Waals surface area (Å²) in [6.07, 6.45) is 6.12. The fourth-order valence-electron chi connectivity index (χ4n) is 2.10. The Morgan fingerprint density at radius 1 is 1.47 bits per heavy atom. The molecule has 1 aromatic rings. The highest BCUT2D eigenvalue weighted by Crippen LogP contribution is 2.25. The van der Waals surface area contributed by atoms with E-state index in [1.807, 2.05) is 6.92 Å². The molecule has 0 bridgehead atoms. The number of hydrogen-bond donors (Lipinski definition) is 1. The Hall–Kier alpha value is -1.16. The van der Waals surface area contributed by atoms with E-state index in [9.17, 15) is 4.39 Å². The van der Waals surface area contributed by atoms with Crippen LogP contribution in [-0.4, -0.2) is 17.6 Å². The van der Waals surface area contributed by atoms with Crippen molar-refractivity contribution in [2.75, 3.05) is 6.54 Å². The fraction of sp³-hybridized carbons (Fsp3) is 0.615. The summed E-state index contributed by atoms with van der Waals surface area (Å²) < 4.78 is 19.6. The summed E-state index contributed by atoms with van der Waals surface area (Å²) >= 11 is 0. The van der Waals surface area contributed by atoms with Crippen molar-refractivity contribution >= 4 is 0 Å². The average Bonchev–Trinajstić information content (AvgIpc) is 2.83. The van der Waals surface area contributed by atoms with Gasteiger partial charge in [-0.3, -0.25) is 0 Å². The highest BCUT2D eigenvalue weighted by atomic mass is 19.1. The SMILES string of the molecule is CCNCc1ccnc(OC2CCCC2)c1F. The summed E-state index contributed by atoms with van der Waals surface area (Å²) in [5.74, 6) is -0.160. The van der Waals surface area contributed by atoms with Gasteiger partial charge < -0.3 is 10.1 Å². The third-order valence-corrected chi connectivity index (χ3v) is 3.08. The van der Waals surface area contributed by atoms with Gasteiger partial charge in [-0.15, -0.1) is 0 Å². The minimum atomic E-state index is -0.319. The molecule has 1 aliphatic rings. The Kier molecular flexibility index (Phi) is 4.31. The zero-order valence-corrected chi connectivity index (χ0v) is 10.2. The molecule has 4 heteroatoms. The fourth-order valence-corrected chi connectivity index (χ4v) is 2.10. The van der Waals surface area contributed by atoms with Gasteiger partial charge in [0.1, 0.15) is 6.10 Å². The largest absolute Gasteiger partial charge is 0.472 e. The number of aromatic nitrogens is 1. The number of nitrogens with zero attached hydrogens (tertiary/aromatic N) is 1. The first-order chi connectivity index (χ1) is 8.31. The molecule has 0 saturated heterocycles. The van der Waals surface area contributed by atoms with Crippen molar-refractivity contribution in [2.45, 2.75) is 45.3 Å². The van der Waals surface area contributed by atoms with Crippen LogP contribution in [0, 0.1) is 5.82 Å². The van der Waals surface area contributed by atoms with E-state index in [0.717, 1.165) is 19.4 Å². The third-order valence-electron chi connectivity index (χ3n) is 3.08. The summed E-state index contributed by atoms with van der Waals surface area (Å²) in [5.41, 5.74) is 0.620. The van der Waals surface area contributed by atoms with Gasteiger partial charge in [0.05, 0.1) is 0 Å². The van der Waals surface area contributed by atoms with Gasteiger partial charge in [0.25, 0.3) is 5.88 Å². The Balaban J connectivity index is 2.05. The van der Waals surface area contributed by atoms with Crippen molar-refractivity contribution in [3.05, 3.63) is 23.6 Å². The van der Waals surface area contributed by atoms with Crippen LogP contribution >= 0.6 is 0 Å². The first-order valence-electron chi connectivity index (χ1n) is 6.32. The molecular weight excluding hydrogens is 219 g/mol. The minimum absolute atomic E-state index is 0.145. The molecule has 0 aliphatic heterocycles. The molecule has 0 spiro atoms. The summed E-state index contributed by atoms with van der Waals surface area (Å²) in [6.45, 7) is 3.33. The quantitative estimate of drug-likeness (QED) is 0.856. The van der Waals surface area contributed by atoms with Gasteiger partial charge in [-0.05, 0) is 38.3 Å². The first kappa shape index (κ1) is 12.3. The van der Waals surface area contributed by atoms with E-state index in [0.29, 0.717) is 12.1 Å². The predicted molar refractivity (Wildman–Crippen MR) is 64.5 cm³/mol. The smallest absolute Gasteiger partial charge is 0.250 e. The van der Waals surface area contributed by atoms with E-state index in [1.165, 1.54) is 12.8 Å². The monoisotopic (exact) mass is 238 g/mol. The standard InChI is InChI=1S/C13H19FN2O/c1-2-15-9-10-7-8-16-13(12(10)14)17-11-5-3-4-6-11/h7-8,11,15H,2-6,9H2,1H3. The molecule has 1 aliphatic carbocycles. The average molecular weight is 238 g/mol. The number of nitrogens with one attached hydrogen (secondary N) is 1. The Morgan fingerprint density at radius 3 is 2.94 bits per heavy atom. The van der Waals surface area contributed by atoms with Gasteiger partial charge in [-0.25, -0.2) is 9.37 Å². The molecule has 1 aromatic heterocycles. The summed E-state index contributed by atoms with van der Waals surface area (Å²) in [5, 5.41) is 3.10. The third kappa shape index (κ3) is 3.16. The first-order valence-corrected chi connectivity index (χ1v) is 6.32. The van der Waals surface area contributed by atoms with Crippen molar-refractivity contribution in [1.29, 1.82) is 0 Å². The van der Waals surface area contributed by atoms with Crippen molar-refractivity contribution in [3.8, 4) is 5.88 Å². The van der Waals surface area contributed by atoms with Crippen molar-refractivity contribution in [2.24, 2.45) is 0 Å². The second-order valence-electron chi connectivity index (χ2n) is 4.39. The Bertz CT molecular complexity index is 364. The van der Waals surface area contributed by atoms with E-state index < -0.39 is 0 Å². The molecular formula is C13H19FN2O. The highest BCUT2D eigenvalue weighted by molar-refractivity contribution is 5.23. The Morgan fingerprint density at radius 2 is 2.24 bits per heavy atom. The van der Waals surface area contributed by atoms with Crippen LogP contribution in [0.25, 0.3) is 0 Å². The van der Waals surface area contributed by atoms with Crippen LogP contribution in [0.3, 0.4) is 0 Å². The highest BCUT2D eigenvalue weighted by Gasteiger charge is 2.19. The molecule has 1 N–H and O–H groups in total. The molecule has 0 amide bonds. The van der Waals surface area contributed by atoms with E-state index >= 15 is 0 Å². The van der Waals surface area contributed by atoms with E-state index in [1.54, 1.807) is 12.3 Å². The maximum Gasteiger partial charge on any atom is 0.250 e. The van der Waals surface area contributed by atoms with Crippen molar-refractivity contribution < 1.29 is 9.13 Å². The normalized spacial score (nSPS) is 16.4. The van der Waals surface area contributed by atoms with Gasteiger partial charge in [0, 0.05) is 18.3 Å². The van der Waals surface area contributed by atoms with E-state index in [2.05, 4.69) is 10.3 Å². The maximum absolute atomic E-state index is 14.0. The van der Waals surface area contributed by atoms with Crippen LogP contribution in [0.1, 0.15) is 38.2 Å². The second-order valence-corrected chi connectivity index (χ2v) is 4.39. The molecule has 0 radical (unpaired) electrons. The lowest BCUT2D eigenvalue weighted by Gasteiger charge is -2.14. The van der Waals surface area contributed by atoms with Crippen molar-refractivity contribution in [3.63, 3.8) is 0 Å².